The van der Waals surface area contributed by atoms with Crippen molar-refractivity contribution in [1.29, 1.82) is 0 Å². The van der Waals surface area contributed by atoms with Gasteiger partial charge in [0.05, 0.1) is 10.6 Å². The molecular weight excluding hydrogens is 386 g/mol. The Morgan fingerprint density at radius 2 is 1.79 bits per heavy atom. The minimum Gasteiger partial charge on any atom is -0.305 e. The van der Waals surface area contributed by atoms with Crippen LogP contribution in [0.5, 0.6) is 0 Å². The Kier molecular flexibility index (Phi) is 5.29. The van der Waals surface area contributed by atoms with Crippen LogP contribution in [0.15, 0.2) is 29.2 Å². The highest BCUT2D eigenvalue weighted by atomic mass is 32.2. The summed E-state index contributed by atoms with van der Waals surface area (Å²) in [7, 11) is -0.912. The summed E-state index contributed by atoms with van der Waals surface area (Å²) in [5.74, 6) is -1.99. The van der Waals surface area contributed by atoms with E-state index < -0.39 is 27.6 Å². The summed E-state index contributed by atoms with van der Waals surface area (Å²) in [5, 5.41) is 0. The molecule has 0 fully saturated rings. The molecule has 1 heterocycles. The molecule has 0 N–H and O–H groups in total. The first-order valence-electron chi connectivity index (χ1n) is 8.87. The third-order valence-electron chi connectivity index (χ3n) is 5.08. The number of carbonyl (C=O) groups is 1. The molecule has 1 amide bonds. The van der Waals surface area contributed by atoms with E-state index in [1.54, 1.807) is 19.9 Å². The Morgan fingerprint density at radius 3 is 2.43 bits per heavy atom. The van der Waals surface area contributed by atoms with Crippen LogP contribution in [-0.2, 0) is 16.4 Å². The molecule has 0 saturated heterocycles. The summed E-state index contributed by atoms with van der Waals surface area (Å²) in [6, 6.07) is 4.92. The van der Waals surface area contributed by atoms with Crippen LogP contribution in [0.4, 0.5) is 14.5 Å². The molecule has 3 rings (SSSR count). The van der Waals surface area contributed by atoms with Gasteiger partial charge in [-0.3, -0.25) is 4.79 Å². The average molecular weight is 408 g/mol. The van der Waals surface area contributed by atoms with Gasteiger partial charge in [-0.15, -0.1) is 0 Å². The zero-order valence-electron chi connectivity index (χ0n) is 16.2. The molecule has 8 heteroatoms. The van der Waals surface area contributed by atoms with Gasteiger partial charge >= 0.3 is 0 Å². The number of sulfonamides is 1. The van der Waals surface area contributed by atoms with Crippen molar-refractivity contribution in [1.82, 2.24) is 4.31 Å². The zero-order chi connectivity index (χ0) is 20.8. The number of halogens is 2. The van der Waals surface area contributed by atoms with Gasteiger partial charge in [0.1, 0.15) is 11.6 Å². The predicted molar refractivity (Wildman–Crippen MR) is 103 cm³/mol. The van der Waals surface area contributed by atoms with Gasteiger partial charge in [-0.1, -0.05) is 0 Å². The summed E-state index contributed by atoms with van der Waals surface area (Å²) < 4.78 is 54.4. The summed E-state index contributed by atoms with van der Waals surface area (Å²) in [6.07, 6.45) is 1.04. The zero-order valence-corrected chi connectivity index (χ0v) is 17.0. The van der Waals surface area contributed by atoms with Crippen LogP contribution in [0.3, 0.4) is 0 Å². The van der Waals surface area contributed by atoms with Crippen molar-refractivity contribution >= 4 is 21.6 Å². The Bertz CT molecular complexity index is 1070. The van der Waals surface area contributed by atoms with Gasteiger partial charge in [-0.25, -0.2) is 21.5 Å². The van der Waals surface area contributed by atoms with Crippen molar-refractivity contribution in [3.05, 3.63) is 58.2 Å². The van der Waals surface area contributed by atoms with Crippen molar-refractivity contribution < 1.29 is 22.0 Å². The first-order chi connectivity index (χ1) is 13.0. The average Bonchev–Trinajstić information content (AvgIpc) is 2.62. The topological polar surface area (TPSA) is 57.7 Å². The molecule has 150 valence electrons. The number of aryl methyl sites for hydroxylation is 2. The molecule has 0 saturated carbocycles. The van der Waals surface area contributed by atoms with E-state index >= 15 is 0 Å². The molecule has 0 spiro atoms. The van der Waals surface area contributed by atoms with Crippen LogP contribution >= 0.6 is 0 Å². The van der Waals surface area contributed by atoms with Gasteiger partial charge in [-0.2, -0.15) is 0 Å². The van der Waals surface area contributed by atoms with Crippen LogP contribution in [0.25, 0.3) is 0 Å². The highest BCUT2D eigenvalue weighted by molar-refractivity contribution is 7.89. The Morgan fingerprint density at radius 1 is 1.11 bits per heavy atom. The van der Waals surface area contributed by atoms with Gasteiger partial charge in [0.25, 0.3) is 5.91 Å². The van der Waals surface area contributed by atoms with E-state index in [1.807, 2.05) is 0 Å². The third-order valence-corrected chi connectivity index (χ3v) is 7.02. The molecule has 2 aromatic rings. The van der Waals surface area contributed by atoms with E-state index in [0.29, 0.717) is 29.5 Å². The number of carbonyl (C=O) groups excluding carboxylic acids is 1. The SMILES string of the molecule is Cc1cc(C(=O)N2CCCc3cc(F)cc(F)c32)cc(S(=O)(=O)N(C)C)c1C. The maximum Gasteiger partial charge on any atom is 0.258 e. The highest BCUT2D eigenvalue weighted by Gasteiger charge is 2.29. The summed E-state index contributed by atoms with van der Waals surface area (Å²) in [5.41, 5.74) is 1.84. The number of hydrogen-bond acceptors (Lipinski definition) is 3. The molecule has 0 unspecified atom stereocenters. The minimum absolute atomic E-state index is 0.0395. The van der Waals surface area contributed by atoms with E-state index in [9.17, 15) is 22.0 Å². The van der Waals surface area contributed by atoms with Gasteiger partial charge in [0, 0.05) is 32.3 Å². The highest BCUT2D eigenvalue weighted by Crippen LogP contribution is 2.33. The second-order valence-electron chi connectivity index (χ2n) is 7.16. The molecule has 0 aromatic heterocycles. The molecule has 1 aliphatic rings. The molecule has 1 aliphatic heterocycles. The van der Waals surface area contributed by atoms with E-state index in [2.05, 4.69) is 0 Å². The maximum atomic E-state index is 14.4. The predicted octanol–water partition coefficient (Wildman–Crippen LogP) is 3.42. The Balaban J connectivity index is 2.12. The van der Waals surface area contributed by atoms with Crippen LogP contribution < -0.4 is 4.90 Å². The summed E-state index contributed by atoms with van der Waals surface area (Å²) in [4.78, 5) is 14.5. The molecule has 0 bridgehead atoms. The van der Waals surface area contributed by atoms with Crippen LogP contribution in [0.1, 0.15) is 33.5 Å². The van der Waals surface area contributed by atoms with Gasteiger partial charge in [0.15, 0.2) is 0 Å². The van der Waals surface area contributed by atoms with Crippen molar-refractivity contribution in [2.45, 2.75) is 31.6 Å². The van der Waals surface area contributed by atoms with Crippen molar-refractivity contribution in [2.24, 2.45) is 0 Å². The number of rotatable bonds is 3. The quantitative estimate of drug-likeness (QED) is 0.782. The summed E-state index contributed by atoms with van der Waals surface area (Å²) in [6.45, 7) is 3.68. The van der Waals surface area contributed by atoms with Gasteiger partial charge in [0.2, 0.25) is 10.0 Å². The molecule has 0 atom stereocenters. The number of amides is 1. The van der Waals surface area contributed by atoms with E-state index in [-0.39, 0.29) is 22.7 Å². The number of benzene rings is 2. The van der Waals surface area contributed by atoms with E-state index in [0.717, 1.165) is 10.4 Å². The lowest BCUT2D eigenvalue weighted by Gasteiger charge is -2.30. The van der Waals surface area contributed by atoms with Gasteiger partial charge < -0.3 is 4.90 Å². The lowest BCUT2D eigenvalue weighted by Crippen LogP contribution is -2.36. The Hall–Kier alpha value is -2.32. The van der Waals surface area contributed by atoms with Crippen LogP contribution in [0, 0.1) is 25.5 Å². The molecule has 0 aliphatic carbocycles. The fourth-order valence-corrected chi connectivity index (χ4v) is 4.64. The van der Waals surface area contributed by atoms with Crippen LogP contribution in [-0.4, -0.2) is 39.3 Å². The number of fused-ring (bicyclic) bond motifs is 1. The fraction of sp³-hybridized carbons (Fsp3) is 0.350. The maximum absolute atomic E-state index is 14.4. The summed E-state index contributed by atoms with van der Waals surface area (Å²) >= 11 is 0. The number of nitrogens with zero attached hydrogens (tertiary/aromatic N) is 2. The second kappa shape index (κ2) is 7.25. The lowest BCUT2D eigenvalue weighted by molar-refractivity contribution is 0.0983. The van der Waals surface area contributed by atoms with Crippen LogP contribution in [0.2, 0.25) is 0 Å². The first-order valence-corrected chi connectivity index (χ1v) is 10.3. The molecule has 5 nitrogen and oxygen atoms in total. The van der Waals surface area contributed by atoms with Crippen molar-refractivity contribution in [3.63, 3.8) is 0 Å². The molecule has 28 heavy (non-hydrogen) atoms. The molecule has 2 aromatic carbocycles. The molecule has 0 radical (unpaired) electrons. The minimum atomic E-state index is -3.75. The number of anilines is 1. The third kappa shape index (κ3) is 3.42. The number of hydrogen-bond donors (Lipinski definition) is 0. The normalized spacial score (nSPS) is 14.3. The Labute approximate surface area is 163 Å². The fourth-order valence-electron chi connectivity index (χ4n) is 3.43. The first kappa shape index (κ1) is 20.4. The van der Waals surface area contributed by atoms with Crippen molar-refractivity contribution in [2.75, 3.05) is 25.5 Å². The van der Waals surface area contributed by atoms with Gasteiger partial charge in [-0.05, 0) is 61.6 Å². The lowest BCUT2D eigenvalue weighted by atomic mass is 9.99. The second-order valence-corrected chi connectivity index (χ2v) is 9.28. The standard InChI is InChI=1S/C20H22F2N2O3S/c1-12-8-15(10-18(13(12)2)28(26,27)23(3)4)20(25)24-7-5-6-14-9-16(21)11-17(22)19(14)24/h8-11H,5-7H2,1-4H3. The van der Waals surface area contributed by atoms with Crippen molar-refractivity contribution in [3.8, 4) is 0 Å². The largest absolute Gasteiger partial charge is 0.305 e. The van der Waals surface area contributed by atoms with E-state index in [1.165, 1.54) is 31.1 Å². The molecular formula is C20H22F2N2O3S. The van der Waals surface area contributed by atoms with E-state index in [4.69, 9.17) is 0 Å². The smallest absolute Gasteiger partial charge is 0.258 e. The monoisotopic (exact) mass is 408 g/mol.